The Balaban J connectivity index is 1.64. The van der Waals surface area contributed by atoms with Crippen LogP contribution in [0.15, 0.2) is 77.7 Å². The summed E-state index contributed by atoms with van der Waals surface area (Å²) < 4.78 is 33.9. The van der Waals surface area contributed by atoms with Gasteiger partial charge < -0.3 is 9.64 Å². The summed E-state index contributed by atoms with van der Waals surface area (Å²) in [5, 5.41) is 0. The van der Waals surface area contributed by atoms with Crippen molar-refractivity contribution in [2.24, 2.45) is 5.92 Å². The highest BCUT2D eigenvalue weighted by molar-refractivity contribution is 7.89. The number of hydrogen-bond donors (Lipinski definition) is 1. The SMILES string of the molecule is COc1ccc(S(=O)(=O)N[C@H](C(=O)N2Cc3ccccc3-c3ccccc3C2)C(C)C)cc1. The zero-order chi connectivity index (χ0) is 23.6. The van der Waals surface area contributed by atoms with Crippen molar-refractivity contribution in [1.29, 1.82) is 0 Å². The lowest BCUT2D eigenvalue weighted by Gasteiger charge is -2.29. The highest BCUT2D eigenvalue weighted by Gasteiger charge is 2.33. The van der Waals surface area contributed by atoms with Crippen LogP contribution < -0.4 is 9.46 Å². The van der Waals surface area contributed by atoms with E-state index in [0.29, 0.717) is 18.8 Å². The summed E-state index contributed by atoms with van der Waals surface area (Å²) >= 11 is 0. The van der Waals surface area contributed by atoms with Crippen LogP contribution in [-0.2, 0) is 27.9 Å². The lowest BCUT2D eigenvalue weighted by atomic mass is 9.97. The molecule has 4 rings (SSSR count). The fourth-order valence-electron chi connectivity index (χ4n) is 4.12. The topological polar surface area (TPSA) is 75.7 Å². The van der Waals surface area contributed by atoms with Gasteiger partial charge in [-0.1, -0.05) is 62.4 Å². The number of nitrogens with one attached hydrogen (secondary N) is 1. The summed E-state index contributed by atoms with van der Waals surface area (Å²) in [6, 6.07) is 21.3. The van der Waals surface area contributed by atoms with Crippen LogP contribution in [0.4, 0.5) is 0 Å². The summed E-state index contributed by atoms with van der Waals surface area (Å²) in [6.45, 7) is 4.52. The summed E-state index contributed by atoms with van der Waals surface area (Å²) in [4.78, 5) is 15.5. The molecule has 7 heteroatoms. The predicted octanol–water partition coefficient (Wildman–Crippen LogP) is 4.21. The number of carbonyl (C=O) groups is 1. The van der Waals surface area contributed by atoms with E-state index in [9.17, 15) is 13.2 Å². The molecule has 0 unspecified atom stereocenters. The van der Waals surface area contributed by atoms with E-state index in [0.717, 1.165) is 22.3 Å². The summed E-state index contributed by atoms with van der Waals surface area (Å²) in [7, 11) is -2.38. The van der Waals surface area contributed by atoms with Crippen molar-refractivity contribution in [2.45, 2.75) is 37.9 Å². The first-order valence-corrected chi connectivity index (χ1v) is 12.4. The second kappa shape index (κ2) is 9.37. The Kier molecular flexibility index (Phi) is 6.54. The van der Waals surface area contributed by atoms with E-state index in [2.05, 4.69) is 16.9 Å². The Labute approximate surface area is 195 Å². The first-order chi connectivity index (χ1) is 15.8. The lowest BCUT2D eigenvalue weighted by Crippen LogP contribution is -2.50. The molecule has 172 valence electrons. The molecule has 1 atom stereocenters. The highest BCUT2D eigenvalue weighted by Crippen LogP contribution is 2.33. The van der Waals surface area contributed by atoms with Crippen molar-refractivity contribution in [3.05, 3.63) is 83.9 Å². The van der Waals surface area contributed by atoms with Crippen molar-refractivity contribution >= 4 is 15.9 Å². The third-order valence-electron chi connectivity index (χ3n) is 5.94. The monoisotopic (exact) mass is 464 g/mol. The fourth-order valence-corrected chi connectivity index (χ4v) is 5.46. The molecule has 0 fully saturated rings. The van der Waals surface area contributed by atoms with E-state index in [1.807, 2.05) is 50.2 Å². The van der Waals surface area contributed by atoms with E-state index in [-0.39, 0.29) is 16.7 Å². The summed E-state index contributed by atoms with van der Waals surface area (Å²) in [5.74, 6) is 0.0835. The number of fused-ring (bicyclic) bond motifs is 3. The van der Waals surface area contributed by atoms with E-state index < -0.39 is 16.1 Å². The van der Waals surface area contributed by atoms with Gasteiger partial charge in [-0.2, -0.15) is 4.72 Å². The molecule has 3 aromatic carbocycles. The van der Waals surface area contributed by atoms with Gasteiger partial charge in [0, 0.05) is 13.1 Å². The molecule has 0 radical (unpaired) electrons. The molecule has 1 amide bonds. The number of methoxy groups -OCH3 is 1. The van der Waals surface area contributed by atoms with Crippen molar-refractivity contribution in [3.63, 3.8) is 0 Å². The van der Waals surface area contributed by atoms with Crippen LogP contribution in [0, 0.1) is 5.92 Å². The largest absolute Gasteiger partial charge is 0.497 e. The number of ether oxygens (including phenoxy) is 1. The van der Waals surface area contributed by atoms with Crippen LogP contribution in [0.25, 0.3) is 11.1 Å². The van der Waals surface area contributed by atoms with Crippen LogP contribution in [0.3, 0.4) is 0 Å². The first kappa shape index (κ1) is 23.0. The van der Waals surface area contributed by atoms with Gasteiger partial charge in [0.05, 0.1) is 12.0 Å². The van der Waals surface area contributed by atoms with Gasteiger partial charge in [0.25, 0.3) is 0 Å². The zero-order valence-corrected chi connectivity index (χ0v) is 19.8. The van der Waals surface area contributed by atoms with E-state index in [1.54, 1.807) is 17.0 Å². The Morgan fingerprint density at radius 2 is 1.39 bits per heavy atom. The number of amides is 1. The molecule has 1 aliphatic heterocycles. The fraction of sp³-hybridized carbons (Fsp3) is 0.269. The average Bonchev–Trinajstić information content (AvgIpc) is 2.99. The van der Waals surface area contributed by atoms with Gasteiger partial charge in [-0.25, -0.2) is 8.42 Å². The van der Waals surface area contributed by atoms with Gasteiger partial charge in [0.2, 0.25) is 15.9 Å². The quantitative estimate of drug-likeness (QED) is 0.593. The van der Waals surface area contributed by atoms with Crippen molar-refractivity contribution in [2.75, 3.05) is 7.11 Å². The lowest BCUT2D eigenvalue weighted by molar-refractivity contribution is -0.135. The number of benzene rings is 3. The third-order valence-corrected chi connectivity index (χ3v) is 7.40. The molecule has 0 aliphatic carbocycles. The smallest absolute Gasteiger partial charge is 0.241 e. The van der Waals surface area contributed by atoms with Crippen LogP contribution in [0.2, 0.25) is 0 Å². The molecule has 6 nitrogen and oxygen atoms in total. The second-order valence-corrected chi connectivity index (χ2v) is 10.2. The number of carbonyl (C=O) groups excluding carboxylic acids is 1. The summed E-state index contributed by atoms with van der Waals surface area (Å²) in [5.41, 5.74) is 4.28. The van der Waals surface area contributed by atoms with Gasteiger partial charge in [-0.15, -0.1) is 0 Å². The molecular weight excluding hydrogens is 436 g/mol. The average molecular weight is 465 g/mol. The number of nitrogens with zero attached hydrogens (tertiary/aromatic N) is 1. The molecule has 3 aromatic rings. The maximum Gasteiger partial charge on any atom is 0.241 e. The van der Waals surface area contributed by atoms with E-state index in [1.165, 1.54) is 19.2 Å². The van der Waals surface area contributed by atoms with Gasteiger partial charge in [0.1, 0.15) is 11.8 Å². The minimum atomic E-state index is -3.90. The standard InChI is InChI=1S/C26H28N2O4S/c1-18(2)25(27-33(30,31)22-14-12-21(32-3)13-15-22)26(29)28-16-19-8-4-6-10-23(19)24-11-7-5-9-20(24)17-28/h4-15,18,25,27H,16-17H2,1-3H3/t25-/m0/s1. The molecule has 0 aromatic heterocycles. The van der Waals surface area contributed by atoms with Crippen LogP contribution >= 0.6 is 0 Å². The number of hydrogen-bond acceptors (Lipinski definition) is 4. The Morgan fingerprint density at radius 1 is 0.879 bits per heavy atom. The Hall–Kier alpha value is -3.16. The normalized spacial score (nSPS) is 14.2. The molecule has 1 heterocycles. The predicted molar refractivity (Wildman–Crippen MR) is 128 cm³/mol. The van der Waals surface area contributed by atoms with E-state index >= 15 is 0 Å². The van der Waals surface area contributed by atoms with Gasteiger partial charge in [-0.05, 0) is 52.4 Å². The minimum Gasteiger partial charge on any atom is -0.497 e. The van der Waals surface area contributed by atoms with Crippen LogP contribution in [0.1, 0.15) is 25.0 Å². The number of sulfonamides is 1. The van der Waals surface area contributed by atoms with Gasteiger partial charge >= 0.3 is 0 Å². The first-order valence-electron chi connectivity index (χ1n) is 10.9. The zero-order valence-electron chi connectivity index (χ0n) is 19.0. The summed E-state index contributed by atoms with van der Waals surface area (Å²) in [6.07, 6.45) is 0. The van der Waals surface area contributed by atoms with Crippen molar-refractivity contribution in [1.82, 2.24) is 9.62 Å². The minimum absolute atomic E-state index is 0.0910. The molecule has 1 aliphatic rings. The maximum atomic E-state index is 13.7. The van der Waals surface area contributed by atoms with E-state index in [4.69, 9.17) is 4.74 Å². The molecule has 0 bridgehead atoms. The van der Waals surface area contributed by atoms with Gasteiger partial charge in [-0.3, -0.25) is 4.79 Å². The van der Waals surface area contributed by atoms with Crippen LogP contribution in [-0.4, -0.2) is 32.4 Å². The third kappa shape index (κ3) is 4.79. The highest BCUT2D eigenvalue weighted by atomic mass is 32.2. The molecule has 33 heavy (non-hydrogen) atoms. The van der Waals surface area contributed by atoms with Crippen molar-refractivity contribution < 1.29 is 17.9 Å². The van der Waals surface area contributed by atoms with Gasteiger partial charge in [0.15, 0.2) is 0 Å². The van der Waals surface area contributed by atoms with Crippen molar-refractivity contribution in [3.8, 4) is 16.9 Å². The van der Waals surface area contributed by atoms with Crippen LogP contribution in [0.5, 0.6) is 5.75 Å². The Morgan fingerprint density at radius 3 is 1.88 bits per heavy atom. The second-order valence-electron chi connectivity index (χ2n) is 8.53. The maximum absolute atomic E-state index is 13.7. The molecule has 0 spiro atoms. The molecule has 0 saturated carbocycles. The molecule has 0 saturated heterocycles. The molecule has 1 N–H and O–H groups in total. The number of rotatable bonds is 6. The molecular formula is C26H28N2O4S. The Bertz CT molecular complexity index is 1210.